The fourth-order valence-electron chi connectivity index (χ4n) is 2.20. The molecule has 1 aromatic carbocycles. The maximum atomic E-state index is 12.2. The Morgan fingerprint density at radius 1 is 1.38 bits per heavy atom. The number of urea groups is 1. The van der Waals surface area contributed by atoms with Crippen LogP contribution in [0.2, 0.25) is 5.02 Å². The van der Waals surface area contributed by atoms with Gasteiger partial charge in [-0.25, -0.2) is 4.79 Å². The number of nitrogens with zero attached hydrogens (tertiary/aromatic N) is 1. The van der Waals surface area contributed by atoms with Gasteiger partial charge in [0.2, 0.25) is 0 Å². The van der Waals surface area contributed by atoms with Crippen molar-refractivity contribution in [2.45, 2.75) is 19.8 Å². The summed E-state index contributed by atoms with van der Waals surface area (Å²) in [7, 11) is 0. The molecule has 0 atom stereocenters. The van der Waals surface area contributed by atoms with Crippen molar-refractivity contribution < 1.29 is 14.7 Å². The summed E-state index contributed by atoms with van der Waals surface area (Å²) in [6.45, 7) is 2.58. The number of rotatable bonds is 2. The Kier molecular flexibility index (Phi) is 4.98. The van der Waals surface area contributed by atoms with Crippen LogP contribution in [0.5, 0.6) is 0 Å². The first kappa shape index (κ1) is 16.4. The van der Waals surface area contributed by atoms with E-state index in [1.54, 1.807) is 24.0 Å². The van der Waals surface area contributed by atoms with Crippen molar-refractivity contribution in [2.75, 3.05) is 18.4 Å². The number of aliphatic carboxylic acids is 1. The highest BCUT2D eigenvalue weighted by molar-refractivity contribution is 14.1. The molecule has 7 heteroatoms. The number of hydrogen-bond acceptors (Lipinski definition) is 2. The first-order chi connectivity index (χ1) is 9.82. The molecular weight excluding hydrogens is 407 g/mol. The Hall–Kier alpha value is -1.02. The molecule has 0 bridgehead atoms. The molecule has 1 heterocycles. The van der Waals surface area contributed by atoms with Gasteiger partial charge in [0, 0.05) is 16.7 Å². The highest BCUT2D eigenvalue weighted by Crippen LogP contribution is 2.31. The van der Waals surface area contributed by atoms with E-state index in [1.165, 1.54) is 0 Å². The molecule has 0 aromatic heterocycles. The zero-order valence-electron chi connectivity index (χ0n) is 11.5. The van der Waals surface area contributed by atoms with E-state index in [0.717, 1.165) is 3.57 Å². The number of carbonyl (C=O) groups is 2. The number of likely N-dealkylation sites (tertiary alicyclic amines) is 1. The van der Waals surface area contributed by atoms with Crippen LogP contribution in [0.3, 0.4) is 0 Å². The van der Waals surface area contributed by atoms with E-state index in [4.69, 9.17) is 11.6 Å². The van der Waals surface area contributed by atoms with Gasteiger partial charge in [0.1, 0.15) is 0 Å². The van der Waals surface area contributed by atoms with E-state index in [2.05, 4.69) is 27.9 Å². The smallest absolute Gasteiger partial charge is 0.321 e. The summed E-state index contributed by atoms with van der Waals surface area (Å²) in [4.78, 5) is 25.0. The van der Waals surface area contributed by atoms with Crippen LogP contribution in [0, 0.1) is 8.99 Å². The summed E-state index contributed by atoms with van der Waals surface area (Å²) in [5, 5.41) is 12.4. The van der Waals surface area contributed by atoms with E-state index < -0.39 is 11.4 Å². The summed E-state index contributed by atoms with van der Waals surface area (Å²) in [6.07, 6.45) is 0.909. The van der Waals surface area contributed by atoms with Crippen molar-refractivity contribution in [2.24, 2.45) is 5.41 Å². The Morgan fingerprint density at radius 2 is 2.00 bits per heavy atom. The molecule has 114 valence electrons. The Morgan fingerprint density at radius 3 is 2.52 bits per heavy atom. The average Bonchev–Trinajstić information content (AvgIpc) is 2.42. The number of halogens is 2. The molecule has 0 unspecified atom stereocenters. The topological polar surface area (TPSA) is 69.6 Å². The Bertz CT molecular complexity index is 571. The van der Waals surface area contributed by atoms with Gasteiger partial charge in [0.05, 0.1) is 16.1 Å². The number of hydrogen-bond donors (Lipinski definition) is 2. The normalized spacial score (nSPS) is 17.4. The molecule has 0 radical (unpaired) electrons. The molecule has 5 nitrogen and oxygen atoms in total. The number of benzene rings is 1. The Labute approximate surface area is 141 Å². The van der Waals surface area contributed by atoms with Gasteiger partial charge < -0.3 is 15.3 Å². The maximum absolute atomic E-state index is 12.2. The number of carboxylic acids is 1. The summed E-state index contributed by atoms with van der Waals surface area (Å²) in [6, 6.07) is 5.15. The van der Waals surface area contributed by atoms with E-state index >= 15 is 0 Å². The largest absolute Gasteiger partial charge is 0.481 e. The van der Waals surface area contributed by atoms with Crippen molar-refractivity contribution in [3.8, 4) is 0 Å². The quantitative estimate of drug-likeness (QED) is 0.715. The van der Waals surface area contributed by atoms with Gasteiger partial charge in [0.25, 0.3) is 0 Å². The molecule has 1 saturated heterocycles. The molecule has 0 aliphatic carbocycles. The standard InChI is InChI=1S/C14H16ClIN2O3/c1-14(12(19)20)4-6-18(7-5-14)13(21)17-11-3-2-9(16)8-10(11)15/h2-3,8H,4-7H2,1H3,(H,17,21)(H,19,20). The molecule has 2 N–H and O–H groups in total. The predicted molar refractivity (Wildman–Crippen MR) is 89.7 cm³/mol. The van der Waals surface area contributed by atoms with E-state index in [-0.39, 0.29) is 6.03 Å². The van der Waals surface area contributed by atoms with E-state index in [9.17, 15) is 14.7 Å². The van der Waals surface area contributed by atoms with Crippen molar-refractivity contribution >= 4 is 51.9 Å². The van der Waals surface area contributed by atoms with E-state index in [0.29, 0.717) is 36.6 Å². The number of nitrogens with one attached hydrogen (secondary N) is 1. The summed E-state index contributed by atoms with van der Waals surface area (Å²) in [5.41, 5.74) is -0.175. The van der Waals surface area contributed by atoms with Gasteiger partial charge in [-0.1, -0.05) is 11.6 Å². The monoisotopic (exact) mass is 422 g/mol. The molecular formula is C14H16ClIN2O3. The van der Waals surface area contributed by atoms with Gasteiger partial charge in [-0.2, -0.15) is 0 Å². The van der Waals surface area contributed by atoms with Crippen LogP contribution in [-0.2, 0) is 4.79 Å². The lowest BCUT2D eigenvalue weighted by molar-refractivity contribution is -0.150. The van der Waals surface area contributed by atoms with Crippen molar-refractivity contribution in [3.63, 3.8) is 0 Å². The van der Waals surface area contributed by atoms with Crippen LogP contribution in [0.25, 0.3) is 0 Å². The minimum Gasteiger partial charge on any atom is -0.481 e. The number of amides is 2. The molecule has 1 aliphatic heterocycles. The first-order valence-corrected chi connectivity index (χ1v) is 8.02. The van der Waals surface area contributed by atoms with Crippen molar-refractivity contribution in [3.05, 3.63) is 26.8 Å². The van der Waals surface area contributed by atoms with Crippen LogP contribution in [0.4, 0.5) is 10.5 Å². The fourth-order valence-corrected chi connectivity index (χ4v) is 3.11. The van der Waals surface area contributed by atoms with Gasteiger partial charge in [-0.3, -0.25) is 4.79 Å². The molecule has 1 aliphatic rings. The third kappa shape index (κ3) is 3.79. The molecule has 2 rings (SSSR count). The lowest BCUT2D eigenvalue weighted by Crippen LogP contribution is -2.46. The minimum absolute atomic E-state index is 0.245. The molecule has 1 fully saturated rings. The predicted octanol–water partition coefficient (Wildman–Crippen LogP) is 3.66. The second kappa shape index (κ2) is 6.39. The van der Waals surface area contributed by atoms with Crippen LogP contribution < -0.4 is 5.32 Å². The van der Waals surface area contributed by atoms with E-state index in [1.807, 2.05) is 6.07 Å². The molecule has 0 spiro atoms. The van der Waals surface area contributed by atoms with Gasteiger partial charge in [-0.05, 0) is 60.6 Å². The second-order valence-corrected chi connectivity index (χ2v) is 7.06. The lowest BCUT2D eigenvalue weighted by atomic mass is 9.80. The van der Waals surface area contributed by atoms with Gasteiger partial charge >= 0.3 is 12.0 Å². The maximum Gasteiger partial charge on any atom is 0.321 e. The third-order valence-electron chi connectivity index (χ3n) is 3.84. The summed E-state index contributed by atoms with van der Waals surface area (Å²) >= 11 is 8.23. The zero-order chi connectivity index (χ0) is 15.6. The van der Waals surface area contributed by atoms with Crippen LogP contribution in [-0.4, -0.2) is 35.1 Å². The second-order valence-electron chi connectivity index (χ2n) is 5.41. The molecule has 1 aromatic rings. The van der Waals surface area contributed by atoms with Crippen LogP contribution in [0.1, 0.15) is 19.8 Å². The SMILES string of the molecule is CC1(C(=O)O)CCN(C(=O)Nc2ccc(I)cc2Cl)CC1. The summed E-state index contributed by atoms with van der Waals surface area (Å²) in [5.74, 6) is -0.803. The summed E-state index contributed by atoms with van der Waals surface area (Å²) < 4.78 is 0.991. The lowest BCUT2D eigenvalue weighted by Gasteiger charge is -2.36. The molecule has 0 saturated carbocycles. The number of carbonyl (C=O) groups excluding carboxylic acids is 1. The highest BCUT2D eigenvalue weighted by Gasteiger charge is 2.38. The number of anilines is 1. The van der Waals surface area contributed by atoms with Gasteiger partial charge in [0.15, 0.2) is 0 Å². The van der Waals surface area contributed by atoms with Crippen molar-refractivity contribution in [1.82, 2.24) is 4.90 Å². The third-order valence-corrected chi connectivity index (χ3v) is 4.83. The van der Waals surface area contributed by atoms with Crippen LogP contribution in [0.15, 0.2) is 18.2 Å². The highest BCUT2D eigenvalue weighted by atomic mass is 127. The molecule has 21 heavy (non-hydrogen) atoms. The van der Waals surface area contributed by atoms with Crippen LogP contribution >= 0.6 is 34.2 Å². The fraction of sp³-hybridized carbons (Fsp3) is 0.429. The van der Waals surface area contributed by atoms with Gasteiger partial charge in [-0.15, -0.1) is 0 Å². The first-order valence-electron chi connectivity index (χ1n) is 6.56. The number of carboxylic acid groups (broad SMARTS) is 1. The average molecular weight is 423 g/mol. The molecule has 2 amide bonds. The van der Waals surface area contributed by atoms with Crippen molar-refractivity contribution in [1.29, 1.82) is 0 Å². The zero-order valence-corrected chi connectivity index (χ0v) is 14.4. The minimum atomic E-state index is -0.803. The Balaban J connectivity index is 1.98. The number of piperidine rings is 1.